The highest BCUT2D eigenvalue weighted by Gasteiger charge is 2.37. The molecule has 1 heterocycles. The molecule has 1 aliphatic carbocycles. The van der Waals surface area contributed by atoms with Gasteiger partial charge in [0.25, 0.3) is 0 Å². The highest BCUT2D eigenvalue weighted by Crippen LogP contribution is 2.49. The van der Waals surface area contributed by atoms with Gasteiger partial charge in [0.1, 0.15) is 0 Å². The molecule has 0 aromatic heterocycles. The number of nitrogens with zero attached hydrogens (tertiary/aromatic N) is 1. The summed E-state index contributed by atoms with van der Waals surface area (Å²) < 4.78 is 0. The molecule has 2 aromatic rings. The second-order valence-corrected chi connectivity index (χ2v) is 6.43. The average Bonchev–Trinajstić information content (AvgIpc) is 2.78. The monoisotopic (exact) mass is 263 g/mol. The van der Waals surface area contributed by atoms with Gasteiger partial charge < -0.3 is 0 Å². The predicted octanol–water partition coefficient (Wildman–Crippen LogP) is 4.53. The Hall–Kier alpha value is -1.60. The molecule has 1 heteroatoms. The van der Waals surface area contributed by atoms with Crippen LogP contribution >= 0.6 is 0 Å². The van der Waals surface area contributed by atoms with Gasteiger partial charge in [-0.2, -0.15) is 0 Å². The molecule has 20 heavy (non-hydrogen) atoms. The molecule has 1 saturated heterocycles. The highest BCUT2D eigenvalue weighted by atomic mass is 15.1. The molecule has 2 aromatic carbocycles. The van der Waals surface area contributed by atoms with Crippen molar-refractivity contribution in [1.29, 1.82) is 0 Å². The molecular formula is C19H21N. The standard InChI is InChI=1S/C19H21N/c1-13-3-5-14(6-4-13)15-7-8-17-16-9-10-20(2)19(12-16)18(17)11-15/h3-8,11,16,19H,9-10,12H2,1-2H3/t16-,19+/m1/s1. The van der Waals surface area contributed by atoms with Crippen molar-refractivity contribution >= 4 is 0 Å². The number of fused-ring (bicyclic) bond motifs is 5. The molecule has 2 bridgehead atoms. The number of likely N-dealkylation sites (tertiary alicyclic amines) is 1. The van der Waals surface area contributed by atoms with Crippen LogP contribution < -0.4 is 0 Å². The Morgan fingerprint density at radius 1 is 0.950 bits per heavy atom. The van der Waals surface area contributed by atoms with E-state index in [9.17, 15) is 0 Å². The maximum atomic E-state index is 2.53. The van der Waals surface area contributed by atoms with Crippen LogP contribution in [0, 0.1) is 6.92 Å². The lowest BCUT2D eigenvalue weighted by Crippen LogP contribution is -2.28. The van der Waals surface area contributed by atoms with Crippen LogP contribution in [0.1, 0.15) is 41.5 Å². The predicted molar refractivity (Wildman–Crippen MR) is 84.0 cm³/mol. The number of hydrogen-bond donors (Lipinski definition) is 0. The van der Waals surface area contributed by atoms with E-state index in [0.717, 1.165) is 5.92 Å². The topological polar surface area (TPSA) is 3.24 Å². The van der Waals surface area contributed by atoms with E-state index < -0.39 is 0 Å². The van der Waals surface area contributed by atoms with Gasteiger partial charge in [0.15, 0.2) is 0 Å². The van der Waals surface area contributed by atoms with Crippen LogP contribution in [0.15, 0.2) is 42.5 Å². The van der Waals surface area contributed by atoms with Gasteiger partial charge in [0, 0.05) is 6.04 Å². The maximum Gasteiger partial charge on any atom is 0.0353 e. The quantitative estimate of drug-likeness (QED) is 0.731. The second-order valence-electron chi connectivity index (χ2n) is 6.43. The maximum absolute atomic E-state index is 2.53. The SMILES string of the molecule is Cc1ccc(-c2ccc3c(c2)[C@@H]2C[C@H]3CCN2C)cc1. The number of benzene rings is 2. The molecule has 2 atom stereocenters. The zero-order valence-corrected chi connectivity index (χ0v) is 12.3. The van der Waals surface area contributed by atoms with Crippen molar-refractivity contribution in [2.45, 2.75) is 31.7 Å². The van der Waals surface area contributed by atoms with Gasteiger partial charge in [-0.25, -0.2) is 0 Å². The van der Waals surface area contributed by atoms with E-state index in [4.69, 9.17) is 0 Å². The largest absolute Gasteiger partial charge is 0.299 e. The van der Waals surface area contributed by atoms with Crippen LogP contribution in [0.25, 0.3) is 11.1 Å². The number of piperidine rings is 1. The minimum atomic E-state index is 0.647. The van der Waals surface area contributed by atoms with Gasteiger partial charge in [-0.15, -0.1) is 0 Å². The molecule has 0 saturated carbocycles. The highest BCUT2D eigenvalue weighted by molar-refractivity contribution is 5.66. The van der Waals surface area contributed by atoms with Crippen molar-refractivity contribution in [1.82, 2.24) is 4.90 Å². The van der Waals surface area contributed by atoms with Crippen LogP contribution in [0.4, 0.5) is 0 Å². The van der Waals surface area contributed by atoms with Gasteiger partial charge in [0.05, 0.1) is 0 Å². The Bertz CT molecular complexity index is 641. The third-order valence-corrected chi connectivity index (χ3v) is 5.14. The van der Waals surface area contributed by atoms with Crippen molar-refractivity contribution in [3.05, 3.63) is 59.2 Å². The molecule has 0 N–H and O–H groups in total. The Labute approximate surface area is 121 Å². The van der Waals surface area contributed by atoms with E-state index in [1.807, 2.05) is 0 Å². The zero-order valence-electron chi connectivity index (χ0n) is 12.3. The van der Waals surface area contributed by atoms with Crippen molar-refractivity contribution in [2.24, 2.45) is 0 Å². The van der Waals surface area contributed by atoms with Gasteiger partial charge in [-0.1, -0.05) is 42.0 Å². The van der Waals surface area contributed by atoms with Gasteiger partial charge in [0.2, 0.25) is 0 Å². The minimum Gasteiger partial charge on any atom is -0.299 e. The second kappa shape index (κ2) is 4.46. The number of hydrogen-bond acceptors (Lipinski definition) is 1. The molecule has 1 fully saturated rings. The summed E-state index contributed by atoms with van der Waals surface area (Å²) in [5.74, 6) is 0.804. The van der Waals surface area contributed by atoms with E-state index in [0.29, 0.717) is 6.04 Å². The minimum absolute atomic E-state index is 0.647. The van der Waals surface area contributed by atoms with E-state index in [1.54, 1.807) is 11.1 Å². The van der Waals surface area contributed by atoms with Crippen molar-refractivity contribution in [3.8, 4) is 11.1 Å². The van der Waals surface area contributed by atoms with Crippen molar-refractivity contribution in [3.63, 3.8) is 0 Å². The summed E-state index contributed by atoms with van der Waals surface area (Å²) in [7, 11) is 2.27. The third-order valence-electron chi connectivity index (χ3n) is 5.14. The summed E-state index contributed by atoms with van der Waals surface area (Å²) in [6, 6.07) is 16.7. The molecule has 0 unspecified atom stereocenters. The lowest BCUT2D eigenvalue weighted by molar-refractivity contribution is 0.192. The van der Waals surface area contributed by atoms with E-state index in [2.05, 4.69) is 61.3 Å². The molecule has 4 rings (SSSR count). The Kier molecular flexibility index (Phi) is 2.71. The molecule has 0 radical (unpaired) electrons. The molecule has 2 aliphatic rings. The summed E-state index contributed by atoms with van der Waals surface area (Å²) in [6.45, 7) is 3.38. The fourth-order valence-corrected chi connectivity index (χ4v) is 3.89. The molecule has 0 spiro atoms. The van der Waals surface area contributed by atoms with Crippen LogP contribution in [0.3, 0.4) is 0 Å². The van der Waals surface area contributed by atoms with Crippen LogP contribution in [0.5, 0.6) is 0 Å². The van der Waals surface area contributed by atoms with E-state index in [1.165, 1.54) is 36.1 Å². The summed E-state index contributed by atoms with van der Waals surface area (Å²) in [5.41, 5.74) is 7.21. The van der Waals surface area contributed by atoms with Gasteiger partial charge >= 0.3 is 0 Å². The zero-order chi connectivity index (χ0) is 13.7. The van der Waals surface area contributed by atoms with E-state index >= 15 is 0 Å². The summed E-state index contributed by atoms with van der Waals surface area (Å²) in [6.07, 6.45) is 2.65. The van der Waals surface area contributed by atoms with Gasteiger partial charge in [-0.3, -0.25) is 4.90 Å². The molecule has 0 amide bonds. The summed E-state index contributed by atoms with van der Waals surface area (Å²) in [4.78, 5) is 2.53. The third kappa shape index (κ3) is 1.81. The number of aryl methyl sites for hydroxylation is 1. The first kappa shape index (κ1) is 12.2. The number of rotatable bonds is 1. The lowest BCUT2D eigenvalue weighted by atomic mass is 9.95. The van der Waals surface area contributed by atoms with Crippen molar-refractivity contribution < 1.29 is 0 Å². The normalized spacial score (nSPS) is 24.7. The lowest BCUT2D eigenvalue weighted by Gasteiger charge is -2.29. The van der Waals surface area contributed by atoms with E-state index in [-0.39, 0.29) is 0 Å². The first-order valence-electron chi connectivity index (χ1n) is 7.63. The fraction of sp³-hybridized carbons (Fsp3) is 0.368. The fourth-order valence-electron chi connectivity index (χ4n) is 3.89. The molecule has 1 nitrogen and oxygen atoms in total. The van der Waals surface area contributed by atoms with Crippen LogP contribution in [-0.4, -0.2) is 18.5 Å². The Morgan fingerprint density at radius 2 is 1.70 bits per heavy atom. The molecule has 1 aliphatic heterocycles. The molecular weight excluding hydrogens is 242 g/mol. The van der Waals surface area contributed by atoms with Crippen molar-refractivity contribution in [2.75, 3.05) is 13.6 Å². The average molecular weight is 263 g/mol. The Balaban J connectivity index is 1.78. The van der Waals surface area contributed by atoms with Crippen LogP contribution in [0.2, 0.25) is 0 Å². The smallest absolute Gasteiger partial charge is 0.0353 e. The molecule has 102 valence electrons. The summed E-state index contributed by atoms with van der Waals surface area (Å²) in [5, 5.41) is 0. The summed E-state index contributed by atoms with van der Waals surface area (Å²) >= 11 is 0. The van der Waals surface area contributed by atoms with Crippen LogP contribution in [-0.2, 0) is 0 Å². The van der Waals surface area contributed by atoms with Gasteiger partial charge in [-0.05, 0) is 67.6 Å². The Morgan fingerprint density at radius 3 is 2.50 bits per heavy atom. The first-order chi connectivity index (χ1) is 9.72. The first-order valence-corrected chi connectivity index (χ1v) is 7.63.